The summed E-state index contributed by atoms with van der Waals surface area (Å²) < 4.78 is 1.87. The van der Waals surface area contributed by atoms with Gasteiger partial charge in [0.25, 0.3) is 0 Å². The van der Waals surface area contributed by atoms with E-state index in [4.69, 9.17) is 0 Å². The van der Waals surface area contributed by atoms with E-state index in [9.17, 15) is 0 Å². The molecule has 16 heavy (non-hydrogen) atoms. The standard InChI is InChI=1S/C13H25N3/c1-10(2)11(3)13(14-4)7-6-12-8-15-16(5)9-12/h8-11,13-14H,6-7H2,1-5H3. The fourth-order valence-corrected chi connectivity index (χ4v) is 2.06. The summed E-state index contributed by atoms with van der Waals surface area (Å²) in [4.78, 5) is 0. The van der Waals surface area contributed by atoms with Gasteiger partial charge in [0, 0.05) is 19.3 Å². The van der Waals surface area contributed by atoms with Crippen LogP contribution in [0.25, 0.3) is 0 Å². The van der Waals surface area contributed by atoms with Crippen molar-refractivity contribution < 1.29 is 0 Å². The van der Waals surface area contributed by atoms with Crippen molar-refractivity contribution in [2.45, 2.75) is 39.7 Å². The molecule has 0 aliphatic rings. The Bertz CT molecular complexity index is 304. The molecule has 2 atom stereocenters. The lowest BCUT2D eigenvalue weighted by atomic mass is 9.87. The van der Waals surface area contributed by atoms with E-state index < -0.39 is 0 Å². The van der Waals surface area contributed by atoms with E-state index in [-0.39, 0.29) is 0 Å². The molecule has 0 amide bonds. The number of aromatic nitrogens is 2. The van der Waals surface area contributed by atoms with Crippen molar-refractivity contribution in [3.05, 3.63) is 18.0 Å². The summed E-state index contributed by atoms with van der Waals surface area (Å²) in [5.41, 5.74) is 1.33. The Hall–Kier alpha value is -0.830. The minimum absolute atomic E-state index is 0.597. The number of hydrogen-bond acceptors (Lipinski definition) is 2. The van der Waals surface area contributed by atoms with Gasteiger partial charge < -0.3 is 5.32 Å². The molecule has 0 fully saturated rings. The van der Waals surface area contributed by atoms with Gasteiger partial charge in [-0.1, -0.05) is 20.8 Å². The van der Waals surface area contributed by atoms with Gasteiger partial charge in [0.1, 0.15) is 0 Å². The highest BCUT2D eigenvalue weighted by Gasteiger charge is 2.18. The van der Waals surface area contributed by atoms with Gasteiger partial charge in [-0.3, -0.25) is 4.68 Å². The van der Waals surface area contributed by atoms with E-state index in [1.165, 1.54) is 12.0 Å². The number of aryl methyl sites for hydroxylation is 2. The lowest BCUT2D eigenvalue weighted by Gasteiger charge is -2.26. The van der Waals surface area contributed by atoms with Gasteiger partial charge in [0.2, 0.25) is 0 Å². The third kappa shape index (κ3) is 3.63. The molecule has 1 heterocycles. The second-order valence-electron chi connectivity index (χ2n) is 5.06. The maximum absolute atomic E-state index is 4.20. The van der Waals surface area contributed by atoms with Crippen molar-refractivity contribution in [3.63, 3.8) is 0 Å². The molecule has 0 aliphatic heterocycles. The Morgan fingerprint density at radius 2 is 2.06 bits per heavy atom. The highest BCUT2D eigenvalue weighted by Crippen LogP contribution is 2.18. The van der Waals surface area contributed by atoms with Crippen molar-refractivity contribution in [2.75, 3.05) is 7.05 Å². The minimum atomic E-state index is 0.597. The second-order valence-corrected chi connectivity index (χ2v) is 5.06. The number of hydrogen-bond donors (Lipinski definition) is 1. The van der Waals surface area contributed by atoms with Crippen LogP contribution in [-0.2, 0) is 13.5 Å². The topological polar surface area (TPSA) is 29.9 Å². The minimum Gasteiger partial charge on any atom is -0.317 e. The first-order valence-electron chi connectivity index (χ1n) is 6.19. The highest BCUT2D eigenvalue weighted by atomic mass is 15.2. The van der Waals surface area contributed by atoms with Gasteiger partial charge in [-0.15, -0.1) is 0 Å². The third-order valence-electron chi connectivity index (χ3n) is 3.56. The van der Waals surface area contributed by atoms with Gasteiger partial charge in [-0.05, 0) is 37.3 Å². The first kappa shape index (κ1) is 13.2. The molecule has 0 aromatic carbocycles. The molecule has 2 unspecified atom stereocenters. The molecule has 0 aliphatic carbocycles. The summed E-state index contributed by atoms with van der Waals surface area (Å²) >= 11 is 0. The summed E-state index contributed by atoms with van der Waals surface area (Å²) in [5, 5.41) is 7.63. The van der Waals surface area contributed by atoms with Crippen LogP contribution in [0.5, 0.6) is 0 Å². The number of nitrogens with one attached hydrogen (secondary N) is 1. The molecule has 0 radical (unpaired) electrons. The van der Waals surface area contributed by atoms with Gasteiger partial charge in [-0.2, -0.15) is 5.10 Å². The normalized spacial score (nSPS) is 15.4. The van der Waals surface area contributed by atoms with Crippen LogP contribution >= 0.6 is 0 Å². The Kier molecular flexibility index (Phi) is 5.00. The van der Waals surface area contributed by atoms with Gasteiger partial charge in [0.15, 0.2) is 0 Å². The predicted molar refractivity (Wildman–Crippen MR) is 68.4 cm³/mol. The summed E-state index contributed by atoms with van der Waals surface area (Å²) in [6, 6.07) is 0.597. The van der Waals surface area contributed by atoms with Crippen LogP contribution in [-0.4, -0.2) is 22.9 Å². The fourth-order valence-electron chi connectivity index (χ4n) is 2.06. The van der Waals surface area contributed by atoms with E-state index >= 15 is 0 Å². The molecule has 0 saturated heterocycles. The molecular weight excluding hydrogens is 198 g/mol. The van der Waals surface area contributed by atoms with Gasteiger partial charge in [-0.25, -0.2) is 0 Å². The zero-order chi connectivity index (χ0) is 12.1. The Labute approximate surface area is 99.2 Å². The van der Waals surface area contributed by atoms with Crippen LogP contribution in [0, 0.1) is 11.8 Å². The zero-order valence-corrected chi connectivity index (χ0v) is 11.2. The lowest BCUT2D eigenvalue weighted by molar-refractivity contribution is 0.298. The average Bonchev–Trinajstić information content (AvgIpc) is 2.64. The molecule has 3 heteroatoms. The molecule has 1 N–H and O–H groups in total. The smallest absolute Gasteiger partial charge is 0.0521 e. The summed E-state index contributed by atoms with van der Waals surface area (Å²) in [5.74, 6) is 1.44. The van der Waals surface area contributed by atoms with E-state index in [0.29, 0.717) is 12.0 Å². The van der Waals surface area contributed by atoms with Gasteiger partial charge >= 0.3 is 0 Å². The average molecular weight is 223 g/mol. The molecule has 1 aromatic rings. The van der Waals surface area contributed by atoms with Crippen molar-refractivity contribution in [3.8, 4) is 0 Å². The molecule has 1 aromatic heterocycles. The molecular formula is C13H25N3. The first-order chi connectivity index (χ1) is 7.54. The molecule has 0 bridgehead atoms. The van der Waals surface area contributed by atoms with Crippen molar-refractivity contribution >= 4 is 0 Å². The zero-order valence-electron chi connectivity index (χ0n) is 11.2. The van der Waals surface area contributed by atoms with Crippen molar-refractivity contribution in [1.82, 2.24) is 15.1 Å². The lowest BCUT2D eigenvalue weighted by Crippen LogP contribution is -2.35. The summed E-state index contributed by atoms with van der Waals surface area (Å²) in [6.45, 7) is 6.91. The Morgan fingerprint density at radius 3 is 2.50 bits per heavy atom. The third-order valence-corrected chi connectivity index (χ3v) is 3.56. The van der Waals surface area contributed by atoms with Crippen LogP contribution in [0.1, 0.15) is 32.8 Å². The SMILES string of the molecule is CNC(CCc1cnn(C)c1)C(C)C(C)C. The molecule has 0 saturated carbocycles. The van der Waals surface area contributed by atoms with Crippen LogP contribution in [0.15, 0.2) is 12.4 Å². The highest BCUT2D eigenvalue weighted by molar-refractivity contribution is 5.04. The monoisotopic (exact) mass is 223 g/mol. The van der Waals surface area contributed by atoms with Crippen LogP contribution in [0.2, 0.25) is 0 Å². The van der Waals surface area contributed by atoms with Crippen LogP contribution in [0.4, 0.5) is 0 Å². The quantitative estimate of drug-likeness (QED) is 0.801. The van der Waals surface area contributed by atoms with E-state index in [2.05, 4.69) is 44.4 Å². The Balaban J connectivity index is 2.45. The van der Waals surface area contributed by atoms with E-state index in [0.717, 1.165) is 12.3 Å². The Morgan fingerprint density at radius 1 is 1.38 bits per heavy atom. The second kappa shape index (κ2) is 6.04. The predicted octanol–water partition coefficient (Wildman–Crippen LogP) is 2.23. The summed E-state index contributed by atoms with van der Waals surface area (Å²) in [6.07, 6.45) is 6.36. The van der Waals surface area contributed by atoms with E-state index in [1.807, 2.05) is 17.9 Å². The maximum atomic E-state index is 4.20. The van der Waals surface area contributed by atoms with Crippen LogP contribution < -0.4 is 5.32 Å². The van der Waals surface area contributed by atoms with E-state index in [1.54, 1.807) is 0 Å². The van der Waals surface area contributed by atoms with Crippen molar-refractivity contribution in [1.29, 1.82) is 0 Å². The van der Waals surface area contributed by atoms with Crippen molar-refractivity contribution in [2.24, 2.45) is 18.9 Å². The molecule has 0 spiro atoms. The summed E-state index contributed by atoms with van der Waals surface area (Å²) in [7, 11) is 4.03. The molecule has 1 rings (SSSR count). The number of rotatable bonds is 6. The maximum Gasteiger partial charge on any atom is 0.0521 e. The first-order valence-corrected chi connectivity index (χ1v) is 6.19. The van der Waals surface area contributed by atoms with Gasteiger partial charge in [0.05, 0.1) is 6.20 Å². The van der Waals surface area contributed by atoms with Crippen LogP contribution in [0.3, 0.4) is 0 Å². The number of nitrogens with zero attached hydrogens (tertiary/aromatic N) is 2. The fraction of sp³-hybridized carbons (Fsp3) is 0.769. The molecule has 92 valence electrons. The largest absolute Gasteiger partial charge is 0.317 e. The molecule has 3 nitrogen and oxygen atoms in total.